The summed E-state index contributed by atoms with van der Waals surface area (Å²) in [5.41, 5.74) is 26.6. The first kappa shape index (κ1) is 84.9. The van der Waals surface area contributed by atoms with Gasteiger partial charge in [0.05, 0.1) is 22.1 Å². The van der Waals surface area contributed by atoms with Gasteiger partial charge in [-0.2, -0.15) is 0 Å². The number of benzene rings is 17. The Kier molecular flexibility index (Phi) is 23.7. The van der Waals surface area contributed by atoms with Gasteiger partial charge in [0.1, 0.15) is 0 Å². The first-order valence-electron chi connectivity index (χ1n) is 45.3. The van der Waals surface area contributed by atoms with Crippen molar-refractivity contribution in [2.24, 2.45) is 0 Å². The van der Waals surface area contributed by atoms with Crippen LogP contribution in [0.25, 0.3) is 202 Å². The molecule has 0 saturated carbocycles. The van der Waals surface area contributed by atoms with Crippen LogP contribution in [0.5, 0.6) is 0 Å². The van der Waals surface area contributed by atoms with Crippen molar-refractivity contribution in [3.05, 3.63) is 464 Å². The summed E-state index contributed by atoms with van der Waals surface area (Å²) in [5.74, 6) is 4.04. The van der Waals surface area contributed by atoms with Gasteiger partial charge >= 0.3 is 7.12 Å². The lowest BCUT2D eigenvalue weighted by molar-refractivity contribution is 0.00578. The molecule has 10 nitrogen and oxygen atoms in total. The largest absolute Gasteiger partial charge is 0.494 e. The van der Waals surface area contributed by atoms with Crippen molar-refractivity contribution in [3.63, 3.8) is 0 Å². The number of pyridine rings is 2. The van der Waals surface area contributed by atoms with Gasteiger partial charge < -0.3 is 9.31 Å². The minimum Gasteiger partial charge on any atom is -0.399 e. The van der Waals surface area contributed by atoms with Crippen molar-refractivity contribution in [2.45, 2.75) is 51.2 Å². The van der Waals surface area contributed by atoms with E-state index in [-0.39, 0.29) is 24.2 Å². The number of rotatable bonds is 16. The summed E-state index contributed by atoms with van der Waals surface area (Å²) in [6, 6.07) is 150. The maximum Gasteiger partial charge on any atom is 0.494 e. The van der Waals surface area contributed by atoms with E-state index < -0.39 is 0 Å². The molecule has 1 saturated heterocycles. The standard InChI is InChI=1S/C58H40N4.C45H30BrN3.C19H20BNO2/c1-3-12-39(13-4-1)41-24-28-43(29-25-41)56-60-57(44-30-26-42(27-31-44)40-14-5-2-6-15-40)62-58(61-56)51-22-11-21-49(36-51)47-19-9-17-45(34-47)46-18-10-20-48(35-46)50-32-33-54-53-23-8-7-16-52(53)38-59-55(54)37-50;46-42-19-9-17-40(30-42)38-15-7-14-37(28-38)39-16-8-18-41(29-39)45-48-43(35-24-20-33(21-25-35)31-10-3-1-4-11-31)47-44(49-45)36-26-22-34(23-27-36)32-12-5-2-6-13-32;1-18(2)19(3,4)23-20(22-18)14-9-10-16-15-8-6-5-7-13(15)12-21-17(16)11-14/h1-31,33-38,50H,32H2;1-30H;5-12H,1-4H3. The highest BCUT2D eigenvalue weighted by molar-refractivity contribution is 9.10. The second-order valence-electron chi connectivity index (χ2n) is 34.9. The minimum absolute atomic E-state index is 0.259. The molecule has 17 aromatic carbocycles. The van der Waals surface area contributed by atoms with Gasteiger partial charge in [-0.05, 0) is 187 Å². The van der Waals surface area contributed by atoms with E-state index >= 15 is 0 Å². The van der Waals surface area contributed by atoms with Crippen LogP contribution in [0.4, 0.5) is 0 Å². The molecule has 0 N–H and O–H groups in total. The third-order valence-corrected chi connectivity index (χ3v) is 26.1. The molecule has 1 aliphatic carbocycles. The van der Waals surface area contributed by atoms with Crippen molar-refractivity contribution >= 4 is 73.1 Å². The summed E-state index contributed by atoms with van der Waals surface area (Å²) < 4.78 is 13.3. The molecule has 134 heavy (non-hydrogen) atoms. The van der Waals surface area contributed by atoms with Gasteiger partial charge in [-0.15, -0.1) is 0 Å². The van der Waals surface area contributed by atoms with Gasteiger partial charge in [0.2, 0.25) is 0 Å². The monoisotopic (exact) mass is 1790 g/mol. The van der Waals surface area contributed by atoms with E-state index in [0.29, 0.717) is 34.9 Å². The Balaban J connectivity index is 0.000000133. The zero-order valence-corrected chi connectivity index (χ0v) is 76.0. The van der Waals surface area contributed by atoms with Crippen molar-refractivity contribution in [3.8, 4) is 157 Å². The predicted molar refractivity (Wildman–Crippen MR) is 556 cm³/mol. The fraction of sp³-hybridized carbons (Fsp3) is 0.0656. The summed E-state index contributed by atoms with van der Waals surface area (Å²) >= 11 is 3.61. The molecule has 5 heterocycles. The van der Waals surface area contributed by atoms with E-state index in [1.807, 2.05) is 48.8 Å². The minimum atomic E-state index is -0.349. The van der Waals surface area contributed by atoms with E-state index in [0.717, 1.165) is 127 Å². The SMILES string of the molecule is Brc1cccc(-c2cccc(-c3cccc(-c4nc(-c5ccc(-c6ccccc6)cc5)nc(-c5ccc(-c6ccccc6)cc5)n4)c3)c2)c1.C1=c2ncc3ccccc3c2=CCC1c1cccc(-c2cccc(-c3cccc(-c4nc(-c5ccc(-c6ccccc6)cc5)nc(-c5ccc(-c6ccccc6)cc5)n4)c3)c2)c1.CC1(C)OB(c2ccc3c(c2)ncc2ccccc23)OC1(C)C. The second kappa shape index (κ2) is 37.5. The molecule has 21 aromatic rings. The zero-order chi connectivity index (χ0) is 90.5. The molecular weight excluding hydrogens is 1700 g/mol. The Labute approximate surface area is 788 Å². The van der Waals surface area contributed by atoms with Gasteiger partial charge in [-0.3, -0.25) is 9.97 Å². The quantitative estimate of drug-likeness (QED) is 0.0683. The van der Waals surface area contributed by atoms with Crippen molar-refractivity contribution < 1.29 is 9.31 Å². The lowest BCUT2D eigenvalue weighted by Gasteiger charge is -2.32. The van der Waals surface area contributed by atoms with Crippen LogP contribution in [0.15, 0.2) is 448 Å². The molecule has 640 valence electrons. The maximum absolute atomic E-state index is 6.14. The third kappa shape index (κ3) is 18.4. The molecule has 0 amide bonds. The lowest BCUT2D eigenvalue weighted by Crippen LogP contribution is -2.41. The highest BCUT2D eigenvalue weighted by atomic mass is 79.9. The molecule has 1 aliphatic heterocycles. The van der Waals surface area contributed by atoms with Crippen LogP contribution in [-0.2, 0) is 9.31 Å². The number of halogens is 1. The van der Waals surface area contributed by atoms with Gasteiger partial charge in [0.25, 0.3) is 0 Å². The lowest BCUT2D eigenvalue weighted by atomic mass is 9.78. The first-order chi connectivity index (χ1) is 65.7. The van der Waals surface area contributed by atoms with Crippen LogP contribution in [-0.4, -0.2) is 58.2 Å². The Morgan fingerprint density at radius 3 is 0.978 bits per heavy atom. The van der Waals surface area contributed by atoms with Crippen LogP contribution in [0.2, 0.25) is 0 Å². The summed E-state index contributed by atoms with van der Waals surface area (Å²) in [6.07, 6.45) is 9.55. The normalized spacial score (nSPS) is 13.5. The number of hydrogen-bond acceptors (Lipinski definition) is 10. The molecule has 4 aromatic heterocycles. The number of aromatic nitrogens is 8. The molecule has 2 aliphatic rings. The average Bonchev–Trinajstić information content (AvgIpc) is 1.58. The Morgan fingerprint density at radius 2 is 0.567 bits per heavy atom. The van der Waals surface area contributed by atoms with Crippen LogP contribution in [0.1, 0.15) is 45.6 Å². The summed E-state index contributed by atoms with van der Waals surface area (Å²) in [7, 11) is -0.349. The molecule has 12 heteroatoms. The molecule has 1 fully saturated rings. The summed E-state index contributed by atoms with van der Waals surface area (Å²) in [4.78, 5) is 39.9. The first-order valence-corrected chi connectivity index (χ1v) is 46.1. The summed E-state index contributed by atoms with van der Waals surface area (Å²) in [5, 5.41) is 8.28. The average molecular weight is 1790 g/mol. The van der Waals surface area contributed by atoms with Crippen molar-refractivity contribution in [2.75, 3.05) is 0 Å². The molecule has 23 rings (SSSR count). The molecule has 1 atom stereocenters. The molecule has 1 unspecified atom stereocenters. The van der Waals surface area contributed by atoms with Crippen LogP contribution >= 0.6 is 15.9 Å². The molecular formula is C122H90BBrN8O2. The topological polar surface area (TPSA) is 122 Å². The van der Waals surface area contributed by atoms with E-state index in [2.05, 4.69) is 455 Å². The molecule has 0 radical (unpaired) electrons. The highest BCUT2D eigenvalue weighted by Crippen LogP contribution is 2.41. The van der Waals surface area contributed by atoms with Crippen LogP contribution in [0.3, 0.4) is 0 Å². The van der Waals surface area contributed by atoms with Gasteiger partial charge in [0, 0.05) is 77.5 Å². The van der Waals surface area contributed by atoms with Crippen LogP contribution < -0.4 is 16.0 Å². The van der Waals surface area contributed by atoms with Crippen molar-refractivity contribution in [1.82, 2.24) is 39.9 Å². The van der Waals surface area contributed by atoms with Gasteiger partial charge in [-0.25, -0.2) is 29.9 Å². The number of nitrogens with zero attached hydrogens (tertiary/aromatic N) is 8. The van der Waals surface area contributed by atoms with E-state index in [9.17, 15) is 0 Å². The Hall–Kier alpha value is -16.0. The Bertz CT molecular complexity index is 7810. The highest BCUT2D eigenvalue weighted by Gasteiger charge is 2.52. The fourth-order valence-corrected chi connectivity index (χ4v) is 18.0. The van der Waals surface area contributed by atoms with Gasteiger partial charge in [-0.1, -0.05) is 416 Å². The number of fused-ring (bicyclic) bond motifs is 6. The number of hydrogen-bond donors (Lipinski definition) is 0. The molecule has 0 bridgehead atoms. The van der Waals surface area contributed by atoms with E-state index in [1.54, 1.807) is 0 Å². The smallest absolute Gasteiger partial charge is 0.399 e. The predicted octanol–water partition coefficient (Wildman–Crippen LogP) is 28.8. The maximum atomic E-state index is 6.14. The van der Waals surface area contributed by atoms with Crippen molar-refractivity contribution in [1.29, 1.82) is 0 Å². The third-order valence-electron chi connectivity index (χ3n) is 25.7. The summed E-state index contributed by atoms with van der Waals surface area (Å²) in [6.45, 7) is 8.28. The van der Waals surface area contributed by atoms with Crippen LogP contribution in [0, 0.1) is 0 Å². The second-order valence-corrected chi connectivity index (χ2v) is 35.8. The van der Waals surface area contributed by atoms with E-state index in [4.69, 9.17) is 44.2 Å². The Morgan fingerprint density at radius 1 is 0.261 bits per heavy atom. The zero-order valence-electron chi connectivity index (χ0n) is 74.4. The fourth-order valence-electron chi connectivity index (χ4n) is 17.6. The molecule has 0 spiro atoms. The van der Waals surface area contributed by atoms with E-state index in [1.165, 1.54) is 60.3 Å². The van der Waals surface area contributed by atoms with Gasteiger partial charge in [0.15, 0.2) is 34.9 Å².